The summed E-state index contributed by atoms with van der Waals surface area (Å²) >= 11 is 1.64. The van der Waals surface area contributed by atoms with E-state index in [4.69, 9.17) is 4.98 Å². The first-order chi connectivity index (χ1) is 29.7. The molecule has 60 heavy (non-hydrogen) atoms. The van der Waals surface area contributed by atoms with Crippen LogP contribution in [-0.2, 0) is 0 Å². The predicted molar refractivity (Wildman–Crippen MR) is 254 cm³/mol. The van der Waals surface area contributed by atoms with Crippen LogP contribution in [0.2, 0.25) is 0 Å². The minimum absolute atomic E-state index is 0.917. The van der Waals surface area contributed by atoms with Crippen LogP contribution >= 0.6 is 11.3 Å². The molecule has 0 unspecified atom stereocenters. The van der Waals surface area contributed by atoms with Gasteiger partial charge in [0.15, 0.2) is 0 Å². The van der Waals surface area contributed by atoms with E-state index in [1.165, 1.54) is 65.3 Å². The van der Waals surface area contributed by atoms with Gasteiger partial charge in [0.2, 0.25) is 0 Å². The Balaban J connectivity index is 0.957. The van der Waals surface area contributed by atoms with Crippen LogP contribution in [0.5, 0.6) is 0 Å². The number of anilines is 3. The Bertz CT molecular complexity index is 3430. The molecule has 0 saturated carbocycles. The second kappa shape index (κ2) is 14.0. The summed E-state index contributed by atoms with van der Waals surface area (Å²) in [6.07, 6.45) is 3.50. The van der Waals surface area contributed by atoms with Gasteiger partial charge in [-0.25, -0.2) is 15.0 Å². The average molecular weight is 783 g/mol. The first kappa shape index (κ1) is 34.3. The number of aromatic nitrogens is 3. The van der Waals surface area contributed by atoms with Crippen LogP contribution in [0.4, 0.5) is 17.1 Å². The van der Waals surface area contributed by atoms with E-state index in [-0.39, 0.29) is 0 Å². The van der Waals surface area contributed by atoms with Crippen molar-refractivity contribution in [3.63, 3.8) is 0 Å². The molecule has 0 amide bonds. The zero-order valence-corrected chi connectivity index (χ0v) is 33.1. The Morgan fingerprint density at radius 3 is 1.38 bits per heavy atom. The molecule has 0 aliphatic heterocycles. The van der Waals surface area contributed by atoms with Crippen molar-refractivity contribution >= 4 is 91.9 Å². The van der Waals surface area contributed by atoms with Crippen LogP contribution in [0, 0.1) is 0 Å². The molecule has 3 heterocycles. The molecule has 0 bridgehead atoms. The maximum atomic E-state index is 4.77. The maximum absolute atomic E-state index is 4.77. The highest BCUT2D eigenvalue weighted by molar-refractivity contribution is 7.25. The van der Waals surface area contributed by atoms with Gasteiger partial charge in [-0.1, -0.05) is 121 Å². The minimum atomic E-state index is 0.917. The van der Waals surface area contributed by atoms with Gasteiger partial charge in [0, 0.05) is 34.2 Å². The average Bonchev–Trinajstić information content (AvgIpc) is 3.70. The molecule has 0 N–H and O–H groups in total. The molecule has 0 atom stereocenters. The summed E-state index contributed by atoms with van der Waals surface area (Å²) < 4.78 is 1.05. The topological polar surface area (TPSA) is 41.9 Å². The van der Waals surface area contributed by atoms with Gasteiger partial charge in [0.25, 0.3) is 0 Å². The Morgan fingerprint density at radius 2 is 0.850 bits per heavy atom. The number of pyridine rings is 1. The van der Waals surface area contributed by atoms with Crippen molar-refractivity contribution in [2.45, 2.75) is 0 Å². The lowest BCUT2D eigenvalue weighted by Gasteiger charge is -2.26. The summed E-state index contributed by atoms with van der Waals surface area (Å²) in [5, 5.41) is 11.0. The SMILES string of the molecule is c1ccc2cc3c(-c4ccc(N(c5ccc(-c6cccc7cc8ccccc8cc67)cc5)c5ccc(-c6ncnc7c6sc6ncccc67)cc5)cc4)cccc3cc2c1. The number of fused-ring (bicyclic) bond motifs is 7. The second-order valence-electron chi connectivity index (χ2n) is 15.3. The van der Waals surface area contributed by atoms with Crippen LogP contribution in [-0.4, -0.2) is 15.0 Å². The first-order valence-corrected chi connectivity index (χ1v) is 21.0. The van der Waals surface area contributed by atoms with Gasteiger partial charge < -0.3 is 4.90 Å². The van der Waals surface area contributed by atoms with Gasteiger partial charge in [-0.3, -0.25) is 0 Å². The van der Waals surface area contributed by atoms with E-state index in [9.17, 15) is 0 Å². The van der Waals surface area contributed by atoms with Gasteiger partial charge in [0.05, 0.1) is 15.9 Å². The molecule has 0 radical (unpaired) electrons. The van der Waals surface area contributed by atoms with E-state index in [0.717, 1.165) is 48.8 Å². The fraction of sp³-hybridized carbons (Fsp3) is 0. The van der Waals surface area contributed by atoms with E-state index in [1.54, 1.807) is 17.7 Å². The molecule has 0 fully saturated rings. The van der Waals surface area contributed by atoms with Crippen molar-refractivity contribution in [2.75, 3.05) is 4.90 Å². The normalized spacial score (nSPS) is 11.7. The van der Waals surface area contributed by atoms with Crippen LogP contribution < -0.4 is 4.90 Å². The monoisotopic (exact) mass is 782 g/mol. The molecule has 4 nitrogen and oxygen atoms in total. The zero-order valence-electron chi connectivity index (χ0n) is 32.3. The summed E-state index contributed by atoms with van der Waals surface area (Å²) in [5.41, 5.74) is 10.9. The first-order valence-electron chi connectivity index (χ1n) is 20.1. The third-order valence-corrected chi connectivity index (χ3v) is 12.9. The van der Waals surface area contributed by atoms with Crippen molar-refractivity contribution in [2.24, 2.45) is 0 Å². The number of thiophene rings is 1. The lowest BCUT2D eigenvalue weighted by Crippen LogP contribution is -2.09. The number of rotatable bonds is 6. The Hall–Kier alpha value is -7.73. The van der Waals surface area contributed by atoms with Crippen molar-refractivity contribution in [1.29, 1.82) is 0 Å². The van der Waals surface area contributed by atoms with E-state index in [2.05, 4.69) is 203 Å². The minimum Gasteiger partial charge on any atom is -0.311 e. The number of nitrogens with zero attached hydrogens (tertiary/aromatic N) is 4. The second-order valence-corrected chi connectivity index (χ2v) is 16.3. The molecule has 0 aliphatic rings. The van der Waals surface area contributed by atoms with E-state index >= 15 is 0 Å². The Labute approximate surface area is 350 Å². The molecule has 0 spiro atoms. The summed E-state index contributed by atoms with van der Waals surface area (Å²) in [4.78, 5) is 17.3. The molecule has 0 aliphatic carbocycles. The van der Waals surface area contributed by atoms with Gasteiger partial charge in [-0.05, 0) is 138 Å². The number of hydrogen-bond acceptors (Lipinski definition) is 5. The van der Waals surface area contributed by atoms with Crippen LogP contribution in [0.15, 0.2) is 207 Å². The quantitative estimate of drug-likeness (QED) is 0.158. The van der Waals surface area contributed by atoms with Gasteiger partial charge in [-0.2, -0.15) is 0 Å². The van der Waals surface area contributed by atoms with E-state index < -0.39 is 0 Å². The highest BCUT2D eigenvalue weighted by atomic mass is 32.1. The summed E-state index contributed by atoms with van der Waals surface area (Å²) in [5.74, 6) is 0. The van der Waals surface area contributed by atoms with E-state index in [0.29, 0.717) is 0 Å². The lowest BCUT2D eigenvalue weighted by molar-refractivity contribution is 1.23. The highest BCUT2D eigenvalue weighted by Gasteiger charge is 2.17. The fourth-order valence-corrected chi connectivity index (χ4v) is 9.96. The summed E-state index contributed by atoms with van der Waals surface area (Å²) in [6.45, 7) is 0. The predicted octanol–water partition coefficient (Wildman–Crippen LogP) is 15.3. The third-order valence-electron chi connectivity index (χ3n) is 11.8. The fourth-order valence-electron chi connectivity index (χ4n) is 8.85. The van der Waals surface area contributed by atoms with Crippen molar-refractivity contribution < 1.29 is 0 Å². The third kappa shape index (κ3) is 5.78. The van der Waals surface area contributed by atoms with E-state index in [1.807, 2.05) is 12.3 Å². The summed E-state index contributed by atoms with van der Waals surface area (Å²) in [7, 11) is 0. The molecular formula is C55H34N4S. The molecule has 12 aromatic rings. The molecule has 5 heteroatoms. The zero-order chi connectivity index (χ0) is 39.6. The Morgan fingerprint density at radius 1 is 0.367 bits per heavy atom. The highest BCUT2D eigenvalue weighted by Crippen LogP contribution is 2.41. The maximum Gasteiger partial charge on any atom is 0.126 e. The van der Waals surface area contributed by atoms with Gasteiger partial charge in [-0.15, -0.1) is 11.3 Å². The number of benzene rings is 9. The molecule has 0 saturated heterocycles. The standard InChI is InChI=1S/C55H34N4S/c1-3-10-40-32-50-42(30-38(40)8-1)12-5-14-47(50)35-17-23-44(24-18-35)59(46-27-21-37(22-28-46)52-54-53(58-34-57-52)49-16-7-29-56-55(49)60-54)45-25-19-36(20-26-45)48-15-6-13-43-31-39-9-2-4-11-41(39)33-51(43)48/h1-34H. The molecule has 9 aromatic carbocycles. The lowest BCUT2D eigenvalue weighted by atomic mass is 9.95. The summed E-state index contributed by atoms with van der Waals surface area (Å²) in [6, 6.07) is 70.4. The molecule has 12 rings (SSSR count). The smallest absolute Gasteiger partial charge is 0.126 e. The van der Waals surface area contributed by atoms with Gasteiger partial charge in [0.1, 0.15) is 11.2 Å². The van der Waals surface area contributed by atoms with Crippen LogP contribution in [0.1, 0.15) is 0 Å². The number of hydrogen-bond donors (Lipinski definition) is 0. The largest absolute Gasteiger partial charge is 0.311 e. The van der Waals surface area contributed by atoms with Crippen molar-refractivity contribution in [3.8, 4) is 33.5 Å². The van der Waals surface area contributed by atoms with Crippen molar-refractivity contribution in [3.05, 3.63) is 207 Å². The van der Waals surface area contributed by atoms with Gasteiger partial charge >= 0.3 is 0 Å². The Kier molecular flexibility index (Phi) is 8.00. The van der Waals surface area contributed by atoms with Crippen LogP contribution in [0.3, 0.4) is 0 Å². The molecule has 280 valence electrons. The van der Waals surface area contributed by atoms with Crippen molar-refractivity contribution in [1.82, 2.24) is 15.0 Å². The molecule has 3 aromatic heterocycles. The molecular weight excluding hydrogens is 749 g/mol. The van der Waals surface area contributed by atoms with Crippen LogP contribution in [0.25, 0.3) is 97.0 Å².